The van der Waals surface area contributed by atoms with Crippen LogP contribution in [0.25, 0.3) is 6.08 Å². The second-order valence-electron chi connectivity index (χ2n) is 3.62. The second kappa shape index (κ2) is 7.56. The molecule has 20 heavy (non-hydrogen) atoms. The van der Waals surface area contributed by atoms with E-state index >= 15 is 0 Å². The number of nitrogens with zero attached hydrogens (tertiary/aromatic N) is 1. The van der Waals surface area contributed by atoms with Crippen LogP contribution in [0, 0.1) is 11.3 Å². The van der Waals surface area contributed by atoms with Crippen LogP contribution in [0.3, 0.4) is 0 Å². The summed E-state index contributed by atoms with van der Waals surface area (Å²) in [5, 5.41) is 9.01. The van der Waals surface area contributed by atoms with E-state index in [2.05, 4.69) is 15.9 Å². The number of carbonyl (C=O) groups is 1. The van der Waals surface area contributed by atoms with Gasteiger partial charge in [-0.3, -0.25) is 0 Å². The van der Waals surface area contributed by atoms with E-state index in [-0.39, 0.29) is 12.2 Å². The topological polar surface area (TPSA) is 68.6 Å². The largest absolute Gasteiger partial charge is 0.493 e. The van der Waals surface area contributed by atoms with Gasteiger partial charge in [0.25, 0.3) is 0 Å². The van der Waals surface area contributed by atoms with Crippen LogP contribution in [0.4, 0.5) is 0 Å². The molecule has 0 aliphatic heterocycles. The van der Waals surface area contributed by atoms with E-state index in [9.17, 15) is 4.79 Å². The zero-order chi connectivity index (χ0) is 15.1. The highest BCUT2D eigenvalue weighted by Crippen LogP contribution is 2.34. The Morgan fingerprint density at radius 3 is 2.45 bits per heavy atom. The van der Waals surface area contributed by atoms with Crippen molar-refractivity contribution in [2.45, 2.75) is 6.92 Å². The molecule has 0 fully saturated rings. The number of nitriles is 1. The van der Waals surface area contributed by atoms with Crippen LogP contribution in [-0.2, 0) is 9.53 Å². The minimum Gasteiger partial charge on any atom is -0.493 e. The first kappa shape index (κ1) is 16.1. The quantitative estimate of drug-likeness (QED) is 0.468. The van der Waals surface area contributed by atoms with Crippen LogP contribution < -0.4 is 9.47 Å². The van der Waals surface area contributed by atoms with Gasteiger partial charge in [0.2, 0.25) is 0 Å². The average molecular weight is 340 g/mol. The first-order valence-corrected chi connectivity index (χ1v) is 6.57. The van der Waals surface area contributed by atoms with Crippen molar-refractivity contribution < 1.29 is 19.0 Å². The molecule has 0 aliphatic carbocycles. The highest BCUT2D eigenvalue weighted by Gasteiger charge is 2.13. The Kier molecular flexibility index (Phi) is 6.07. The first-order chi connectivity index (χ1) is 9.57. The number of esters is 1. The Morgan fingerprint density at radius 1 is 1.35 bits per heavy atom. The van der Waals surface area contributed by atoms with Crippen molar-refractivity contribution in [2.75, 3.05) is 20.8 Å². The SMILES string of the molecule is CCOC(=O)/C(C#N)=C\c1cc(OC)c(OC)cc1Br. The summed E-state index contributed by atoms with van der Waals surface area (Å²) in [5.74, 6) is 0.394. The van der Waals surface area contributed by atoms with E-state index in [1.165, 1.54) is 20.3 Å². The van der Waals surface area contributed by atoms with Crippen molar-refractivity contribution in [2.24, 2.45) is 0 Å². The summed E-state index contributed by atoms with van der Waals surface area (Å²) in [4.78, 5) is 11.6. The number of methoxy groups -OCH3 is 2. The monoisotopic (exact) mass is 339 g/mol. The summed E-state index contributed by atoms with van der Waals surface area (Å²) in [7, 11) is 3.04. The molecule has 0 bridgehead atoms. The molecule has 0 saturated heterocycles. The number of halogens is 1. The van der Waals surface area contributed by atoms with E-state index in [0.717, 1.165) is 0 Å². The number of hydrogen-bond acceptors (Lipinski definition) is 5. The molecule has 5 nitrogen and oxygen atoms in total. The van der Waals surface area contributed by atoms with E-state index in [1.54, 1.807) is 19.1 Å². The van der Waals surface area contributed by atoms with Gasteiger partial charge in [0.1, 0.15) is 11.6 Å². The molecule has 6 heteroatoms. The first-order valence-electron chi connectivity index (χ1n) is 5.77. The maximum absolute atomic E-state index is 11.6. The van der Waals surface area contributed by atoms with Crippen LogP contribution in [0.2, 0.25) is 0 Å². The van der Waals surface area contributed by atoms with E-state index in [4.69, 9.17) is 19.5 Å². The highest BCUT2D eigenvalue weighted by molar-refractivity contribution is 9.10. The van der Waals surface area contributed by atoms with Gasteiger partial charge < -0.3 is 14.2 Å². The van der Waals surface area contributed by atoms with Crippen molar-refractivity contribution in [1.29, 1.82) is 5.26 Å². The number of benzene rings is 1. The molecule has 106 valence electrons. The van der Waals surface area contributed by atoms with Gasteiger partial charge in [0.05, 0.1) is 20.8 Å². The molecule has 1 rings (SSSR count). The van der Waals surface area contributed by atoms with Gasteiger partial charge in [-0.05, 0) is 30.7 Å². The number of carbonyl (C=O) groups excluding carboxylic acids is 1. The lowest BCUT2D eigenvalue weighted by Gasteiger charge is -2.10. The van der Waals surface area contributed by atoms with Gasteiger partial charge >= 0.3 is 5.97 Å². The fourth-order valence-corrected chi connectivity index (χ4v) is 1.92. The maximum atomic E-state index is 11.6. The fraction of sp³-hybridized carbons (Fsp3) is 0.286. The van der Waals surface area contributed by atoms with Gasteiger partial charge in [-0.2, -0.15) is 5.26 Å². The maximum Gasteiger partial charge on any atom is 0.348 e. The van der Waals surface area contributed by atoms with Gasteiger partial charge in [-0.25, -0.2) is 4.79 Å². The predicted molar refractivity (Wildman–Crippen MR) is 77.5 cm³/mol. The molecule has 0 heterocycles. The minimum atomic E-state index is -0.656. The molecular formula is C14H14BrNO4. The normalized spacial score (nSPS) is 10.7. The Labute approximate surface area is 125 Å². The molecule has 0 radical (unpaired) electrons. The molecule has 0 unspecified atom stereocenters. The Hall–Kier alpha value is -2.00. The molecule has 0 aromatic heterocycles. The Morgan fingerprint density at radius 2 is 1.95 bits per heavy atom. The van der Waals surface area contributed by atoms with Crippen LogP contribution in [0.15, 0.2) is 22.2 Å². The second-order valence-corrected chi connectivity index (χ2v) is 4.47. The van der Waals surface area contributed by atoms with E-state index in [1.807, 2.05) is 6.07 Å². The standard InChI is InChI=1S/C14H14BrNO4/c1-4-20-14(17)10(8-16)5-9-6-12(18-2)13(19-3)7-11(9)15/h5-7H,4H2,1-3H3/b10-5-. The van der Waals surface area contributed by atoms with Crippen molar-refractivity contribution in [3.8, 4) is 17.6 Å². The van der Waals surface area contributed by atoms with Crippen molar-refractivity contribution in [3.63, 3.8) is 0 Å². The van der Waals surface area contributed by atoms with E-state index in [0.29, 0.717) is 21.5 Å². The minimum absolute atomic E-state index is 0.0835. The zero-order valence-electron chi connectivity index (χ0n) is 11.4. The fourth-order valence-electron chi connectivity index (χ4n) is 1.48. The van der Waals surface area contributed by atoms with Crippen molar-refractivity contribution in [1.82, 2.24) is 0 Å². The van der Waals surface area contributed by atoms with Crippen molar-refractivity contribution >= 4 is 28.0 Å². The average Bonchev–Trinajstić information content (AvgIpc) is 2.45. The van der Waals surface area contributed by atoms with Crippen LogP contribution in [-0.4, -0.2) is 26.8 Å². The lowest BCUT2D eigenvalue weighted by atomic mass is 10.1. The summed E-state index contributed by atoms with van der Waals surface area (Å²) in [5.41, 5.74) is 0.534. The van der Waals surface area contributed by atoms with Gasteiger partial charge in [-0.15, -0.1) is 0 Å². The van der Waals surface area contributed by atoms with Crippen LogP contribution >= 0.6 is 15.9 Å². The van der Waals surface area contributed by atoms with E-state index < -0.39 is 5.97 Å². The number of hydrogen-bond donors (Lipinski definition) is 0. The van der Waals surface area contributed by atoms with Gasteiger partial charge in [0, 0.05) is 4.47 Å². The van der Waals surface area contributed by atoms with Crippen LogP contribution in [0.1, 0.15) is 12.5 Å². The predicted octanol–water partition coefficient (Wildman–Crippen LogP) is 2.94. The molecule has 0 atom stereocenters. The molecule has 0 N–H and O–H groups in total. The third kappa shape index (κ3) is 3.75. The molecule has 1 aromatic rings. The smallest absolute Gasteiger partial charge is 0.348 e. The molecule has 0 aliphatic rings. The summed E-state index contributed by atoms with van der Waals surface area (Å²) < 4.78 is 15.8. The lowest BCUT2D eigenvalue weighted by molar-refractivity contribution is -0.137. The summed E-state index contributed by atoms with van der Waals surface area (Å²) >= 11 is 3.36. The molecule has 0 spiro atoms. The summed E-state index contributed by atoms with van der Waals surface area (Å²) in [6.45, 7) is 1.89. The van der Waals surface area contributed by atoms with Crippen molar-refractivity contribution in [3.05, 3.63) is 27.7 Å². The van der Waals surface area contributed by atoms with Crippen LogP contribution in [0.5, 0.6) is 11.5 Å². The Balaban J connectivity index is 3.25. The molecule has 0 saturated carbocycles. The van der Waals surface area contributed by atoms with Gasteiger partial charge in [-0.1, -0.05) is 15.9 Å². The summed E-state index contributed by atoms with van der Waals surface area (Å²) in [6, 6.07) is 5.19. The number of ether oxygens (including phenoxy) is 3. The highest BCUT2D eigenvalue weighted by atomic mass is 79.9. The lowest BCUT2D eigenvalue weighted by Crippen LogP contribution is -2.06. The molecule has 0 amide bonds. The molecular weight excluding hydrogens is 326 g/mol. The number of rotatable bonds is 5. The summed E-state index contributed by atoms with van der Waals surface area (Å²) in [6.07, 6.45) is 1.43. The zero-order valence-corrected chi connectivity index (χ0v) is 13.0. The third-order valence-corrected chi connectivity index (χ3v) is 3.11. The third-order valence-electron chi connectivity index (χ3n) is 2.42. The Bertz CT molecular complexity index is 575. The molecule has 1 aromatic carbocycles. The van der Waals surface area contributed by atoms with Gasteiger partial charge in [0.15, 0.2) is 11.5 Å².